The maximum atomic E-state index is 4.83. The Labute approximate surface area is 137 Å². The first-order chi connectivity index (χ1) is 10.2. The highest BCUT2D eigenvalue weighted by molar-refractivity contribution is 9.10. The zero-order valence-electron chi connectivity index (χ0n) is 12.3. The van der Waals surface area contributed by atoms with Crippen molar-refractivity contribution in [2.75, 3.05) is 11.9 Å². The summed E-state index contributed by atoms with van der Waals surface area (Å²) >= 11 is 5.31. The number of hydrogen-bond donors (Lipinski definition) is 1. The van der Waals surface area contributed by atoms with Crippen LogP contribution in [0.4, 0.5) is 5.82 Å². The fourth-order valence-electron chi connectivity index (χ4n) is 2.77. The lowest BCUT2D eigenvalue weighted by molar-refractivity contribution is 0.691. The minimum atomic E-state index is 0.541. The summed E-state index contributed by atoms with van der Waals surface area (Å²) in [5.41, 5.74) is 2.16. The van der Waals surface area contributed by atoms with Crippen molar-refractivity contribution in [3.05, 3.63) is 21.2 Å². The van der Waals surface area contributed by atoms with E-state index in [0.717, 1.165) is 39.1 Å². The molecule has 4 nitrogen and oxygen atoms in total. The highest BCUT2D eigenvalue weighted by atomic mass is 79.9. The Morgan fingerprint density at radius 3 is 2.67 bits per heavy atom. The van der Waals surface area contributed by atoms with Gasteiger partial charge in [-0.1, -0.05) is 12.8 Å². The van der Waals surface area contributed by atoms with E-state index in [9.17, 15) is 0 Å². The van der Waals surface area contributed by atoms with E-state index >= 15 is 0 Å². The average molecular weight is 367 g/mol. The number of aromatic nitrogens is 3. The van der Waals surface area contributed by atoms with E-state index in [0.29, 0.717) is 5.92 Å². The van der Waals surface area contributed by atoms with Crippen LogP contribution in [-0.2, 0) is 0 Å². The van der Waals surface area contributed by atoms with Crippen LogP contribution in [0.15, 0.2) is 9.85 Å². The van der Waals surface area contributed by atoms with Gasteiger partial charge >= 0.3 is 0 Å². The summed E-state index contributed by atoms with van der Waals surface area (Å²) < 4.78 is 1.02. The third kappa shape index (κ3) is 3.11. The molecule has 2 aromatic rings. The van der Waals surface area contributed by atoms with Gasteiger partial charge in [0.2, 0.25) is 0 Å². The van der Waals surface area contributed by atoms with Crippen molar-refractivity contribution in [1.82, 2.24) is 15.0 Å². The maximum Gasteiger partial charge on any atom is 0.191 e. The molecule has 0 atom stereocenters. The van der Waals surface area contributed by atoms with Crippen molar-refractivity contribution in [2.45, 2.75) is 45.4 Å². The molecule has 3 rings (SSSR count). The number of nitrogens with one attached hydrogen (secondary N) is 1. The Balaban J connectivity index is 2.07. The molecule has 2 heterocycles. The van der Waals surface area contributed by atoms with Crippen LogP contribution in [-0.4, -0.2) is 21.5 Å². The van der Waals surface area contributed by atoms with Crippen LogP contribution < -0.4 is 5.32 Å². The molecule has 1 aliphatic rings. The molecule has 112 valence electrons. The van der Waals surface area contributed by atoms with Gasteiger partial charge < -0.3 is 5.32 Å². The zero-order chi connectivity index (χ0) is 14.8. The van der Waals surface area contributed by atoms with Crippen LogP contribution in [0, 0.1) is 6.92 Å². The van der Waals surface area contributed by atoms with Gasteiger partial charge in [-0.2, -0.15) is 0 Å². The van der Waals surface area contributed by atoms with Crippen molar-refractivity contribution in [2.24, 2.45) is 0 Å². The Kier molecular flexibility index (Phi) is 4.54. The molecular weight excluding hydrogens is 348 g/mol. The van der Waals surface area contributed by atoms with Crippen LogP contribution in [0.3, 0.4) is 0 Å². The third-order valence-electron chi connectivity index (χ3n) is 3.77. The first kappa shape index (κ1) is 14.9. The molecule has 0 bridgehead atoms. The van der Waals surface area contributed by atoms with Crippen LogP contribution >= 0.6 is 27.3 Å². The molecule has 0 unspecified atom stereocenters. The SMILES string of the molecule is CCNc1nc(-c2nc(C)cs2)nc(C2CCCC2)c1Br. The van der Waals surface area contributed by atoms with Gasteiger partial charge in [-0.05, 0) is 42.6 Å². The molecule has 1 fully saturated rings. The van der Waals surface area contributed by atoms with E-state index < -0.39 is 0 Å². The lowest BCUT2D eigenvalue weighted by Crippen LogP contribution is -2.08. The smallest absolute Gasteiger partial charge is 0.191 e. The predicted molar refractivity (Wildman–Crippen MR) is 90.9 cm³/mol. The quantitative estimate of drug-likeness (QED) is 0.847. The van der Waals surface area contributed by atoms with Gasteiger partial charge in [-0.15, -0.1) is 11.3 Å². The first-order valence-corrected chi connectivity index (χ1v) is 9.10. The van der Waals surface area contributed by atoms with Crippen LogP contribution in [0.2, 0.25) is 0 Å². The lowest BCUT2D eigenvalue weighted by Gasteiger charge is -2.15. The molecular formula is C15H19BrN4S. The van der Waals surface area contributed by atoms with Crippen molar-refractivity contribution in [3.8, 4) is 10.8 Å². The summed E-state index contributed by atoms with van der Waals surface area (Å²) in [5, 5.41) is 6.28. The topological polar surface area (TPSA) is 50.7 Å². The highest BCUT2D eigenvalue weighted by Gasteiger charge is 2.24. The van der Waals surface area contributed by atoms with Crippen LogP contribution in [0.5, 0.6) is 0 Å². The second kappa shape index (κ2) is 6.40. The molecule has 1 N–H and O–H groups in total. The van der Waals surface area contributed by atoms with E-state index in [1.165, 1.54) is 25.7 Å². The molecule has 0 aliphatic heterocycles. The summed E-state index contributed by atoms with van der Waals surface area (Å²) in [6.45, 7) is 4.93. The second-order valence-electron chi connectivity index (χ2n) is 5.40. The Hall–Kier alpha value is -1.01. The summed E-state index contributed by atoms with van der Waals surface area (Å²) in [6.07, 6.45) is 5.03. The summed E-state index contributed by atoms with van der Waals surface area (Å²) in [7, 11) is 0. The molecule has 2 aromatic heterocycles. The minimum absolute atomic E-state index is 0.541. The summed E-state index contributed by atoms with van der Waals surface area (Å²) in [6, 6.07) is 0. The van der Waals surface area contributed by atoms with Gasteiger partial charge in [-0.3, -0.25) is 0 Å². The maximum absolute atomic E-state index is 4.83. The molecule has 1 saturated carbocycles. The molecule has 1 aliphatic carbocycles. The molecule has 0 amide bonds. The number of anilines is 1. The van der Waals surface area contributed by atoms with Gasteiger partial charge in [0.1, 0.15) is 5.82 Å². The van der Waals surface area contributed by atoms with Crippen LogP contribution in [0.25, 0.3) is 10.8 Å². The summed E-state index contributed by atoms with van der Waals surface area (Å²) in [4.78, 5) is 14.0. The van der Waals surface area contributed by atoms with Crippen LogP contribution in [0.1, 0.15) is 49.9 Å². The van der Waals surface area contributed by atoms with Gasteiger partial charge in [0.05, 0.1) is 10.2 Å². The van der Waals surface area contributed by atoms with Crippen molar-refractivity contribution in [1.29, 1.82) is 0 Å². The largest absolute Gasteiger partial charge is 0.369 e. The minimum Gasteiger partial charge on any atom is -0.369 e. The molecule has 0 radical (unpaired) electrons. The number of aryl methyl sites for hydroxylation is 1. The number of rotatable bonds is 4. The van der Waals surface area contributed by atoms with Crippen molar-refractivity contribution in [3.63, 3.8) is 0 Å². The monoisotopic (exact) mass is 366 g/mol. The molecule has 6 heteroatoms. The number of nitrogens with zero attached hydrogens (tertiary/aromatic N) is 3. The number of hydrogen-bond acceptors (Lipinski definition) is 5. The second-order valence-corrected chi connectivity index (χ2v) is 7.05. The van der Waals surface area contributed by atoms with E-state index in [-0.39, 0.29) is 0 Å². The van der Waals surface area contributed by atoms with E-state index in [1.807, 2.05) is 12.3 Å². The first-order valence-electron chi connectivity index (χ1n) is 7.42. The molecule has 0 aromatic carbocycles. The lowest BCUT2D eigenvalue weighted by atomic mass is 10.0. The predicted octanol–water partition coefficient (Wildman–Crippen LogP) is 4.76. The van der Waals surface area contributed by atoms with E-state index in [2.05, 4.69) is 38.1 Å². The van der Waals surface area contributed by atoms with Gasteiger partial charge in [0.25, 0.3) is 0 Å². The Morgan fingerprint density at radius 1 is 1.29 bits per heavy atom. The highest BCUT2D eigenvalue weighted by Crippen LogP contribution is 2.39. The van der Waals surface area contributed by atoms with Gasteiger partial charge in [-0.25, -0.2) is 15.0 Å². The Bertz CT molecular complexity index is 635. The fraction of sp³-hybridized carbons (Fsp3) is 0.533. The van der Waals surface area contributed by atoms with E-state index in [4.69, 9.17) is 4.98 Å². The summed E-state index contributed by atoms with van der Waals surface area (Å²) in [5.74, 6) is 2.17. The number of halogens is 1. The third-order valence-corrected chi connectivity index (χ3v) is 5.51. The average Bonchev–Trinajstić information content (AvgIpc) is 3.12. The standard InChI is InChI=1S/C15H19BrN4S/c1-3-17-13-11(16)12(10-6-4-5-7-10)19-14(20-13)15-18-9(2)8-21-15/h8,10H,3-7H2,1-2H3,(H,17,19,20). The van der Waals surface area contributed by atoms with Gasteiger partial charge in [0.15, 0.2) is 10.8 Å². The zero-order valence-corrected chi connectivity index (χ0v) is 14.7. The van der Waals surface area contributed by atoms with Crippen molar-refractivity contribution >= 4 is 33.1 Å². The van der Waals surface area contributed by atoms with E-state index in [1.54, 1.807) is 11.3 Å². The number of thiazole rings is 1. The molecule has 21 heavy (non-hydrogen) atoms. The molecule has 0 saturated heterocycles. The fourth-order valence-corrected chi connectivity index (χ4v) is 4.14. The van der Waals surface area contributed by atoms with Crippen molar-refractivity contribution < 1.29 is 0 Å². The Morgan fingerprint density at radius 2 is 2.05 bits per heavy atom. The normalized spacial score (nSPS) is 15.6. The molecule has 0 spiro atoms. The van der Waals surface area contributed by atoms with Gasteiger partial charge in [0, 0.05) is 23.5 Å².